The van der Waals surface area contributed by atoms with Gasteiger partial charge >= 0.3 is 5.97 Å². The third-order valence-electron chi connectivity index (χ3n) is 5.97. The number of nitrogens with one attached hydrogen (secondary N) is 2. The predicted molar refractivity (Wildman–Crippen MR) is 116 cm³/mol. The number of rotatable bonds is 9. The van der Waals surface area contributed by atoms with E-state index in [0.717, 1.165) is 38.8 Å². The van der Waals surface area contributed by atoms with Crippen molar-refractivity contribution in [1.29, 1.82) is 0 Å². The molecule has 0 aromatic carbocycles. The molecule has 0 saturated carbocycles. The average Bonchev–Trinajstić information content (AvgIpc) is 2.64. The van der Waals surface area contributed by atoms with Gasteiger partial charge in [-0.2, -0.15) is 0 Å². The molecular formula is C23H37N3O3. The van der Waals surface area contributed by atoms with Crippen LogP contribution in [0.5, 0.6) is 0 Å². The van der Waals surface area contributed by atoms with Gasteiger partial charge in [-0.1, -0.05) is 32.1 Å². The third kappa shape index (κ3) is 6.20. The first-order valence-corrected chi connectivity index (χ1v) is 10.7. The highest BCUT2D eigenvalue weighted by atomic mass is 16.4. The Balaban J connectivity index is 2.10. The van der Waals surface area contributed by atoms with E-state index in [-0.39, 0.29) is 24.3 Å². The van der Waals surface area contributed by atoms with Gasteiger partial charge in [0.2, 0.25) is 5.91 Å². The number of carbonyl (C=O) groups excluding carboxylic acids is 1. The van der Waals surface area contributed by atoms with Gasteiger partial charge in [0.15, 0.2) is 0 Å². The van der Waals surface area contributed by atoms with E-state index < -0.39 is 11.4 Å². The number of carboxylic acid groups (broad SMARTS) is 1. The zero-order valence-electron chi connectivity index (χ0n) is 18.2. The number of carboxylic acids is 1. The molecule has 6 nitrogen and oxygen atoms in total. The summed E-state index contributed by atoms with van der Waals surface area (Å²) in [6.07, 6.45) is 10.1. The van der Waals surface area contributed by atoms with Crippen LogP contribution in [0.25, 0.3) is 0 Å². The van der Waals surface area contributed by atoms with Crippen molar-refractivity contribution in [2.75, 3.05) is 26.2 Å². The lowest BCUT2D eigenvalue weighted by Gasteiger charge is -2.47. The van der Waals surface area contributed by atoms with E-state index in [0.29, 0.717) is 13.1 Å². The van der Waals surface area contributed by atoms with Gasteiger partial charge in [0.25, 0.3) is 0 Å². The molecular weight excluding hydrogens is 366 g/mol. The Kier molecular flexibility index (Phi) is 8.08. The smallest absolute Gasteiger partial charge is 0.303 e. The van der Waals surface area contributed by atoms with E-state index in [4.69, 9.17) is 5.11 Å². The molecule has 3 N–H and O–H groups in total. The topological polar surface area (TPSA) is 81.7 Å². The molecule has 0 aromatic heterocycles. The summed E-state index contributed by atoms with van der Waals surface area (Å²) in [4.78, 5) is 25.7. The van der Waals surface area contributed by atoms with E-state index in [2.05, 4.69) is 29.4 Å². The summed E-state index contributed by atoms with van der Waals surface area (Å²) in [6.45, 7) is 12.6. The van der Waals surface area contributed by atoms with Crippen LogP contribution in [0, 0.1) is 5.41 Å². The van der Waals surface area contributed by atoms with Gasteiger partial charge in [0.05, 0.1) is 12.0 Å². The Bertz CT molecular complexity index is 671. The van der Waals surface area contributed by atoms with Crippen LogP contribution >= 0.6 is 0 Å². The zero-order valence-corrected chi connectivity index (χ0v) is 18.2. The maximum absolute atomic E-state index is 12.8. The highest BCUT2D eigenvalue weighted by molar-refractivity contribution is 5.78. The molecule has 0 radical (unpaired) electrons. The Hall–Kier alpha value is -2.08. The molecule has 1 saturated heterocycles. The van der Waals surface area contributed by atoms with Gasteiger partial charge in [-0.3, -0.25) is 9.59 Å². The van der Waals surface area contributed by atoms with E-state index in [1.54, 1.807) is 0 Å². The second-order valence-electron chi connectivity index (χ2n) is 8.97. The van der Waals surface area contributed by atoms with Crippen molar-refractivity contribution in [3.63, 3.8) is 0 Å². The number of piperidine rings is 1. The Morgan fingerprint density at radius 1 is 1.31 bits per heavy atom. The fraction of sp³-hybridized carbons (Fsp3) is 0.652. The number of aliphatic carboxylic acids is 1. The molecule has 29 heavy (non-hydrogen) atoms. The van der Waals surface area contributed by atoms with E-state index >= 15 is 0 Å². The average molecular weight is 404 g/mol. The maximum Gasteiger partial charge on any atom is 0.303 e. The van der Waals surface area contributed by atoms with Crippen LogP contribution in [0.4, 0.5) is 0 Å². The van der Waals surface area contributed by atoms with Crippen LogP contribution in [0.1, 0.15) is 59.3 Å². The summed E-state index contributed by atoms with van der Waals surface area (Å²) in [6, 6.07) is 0. The molecule has 1 spiro atoms. The normalized spacial score (nSPS) is 19.6. The first-order valence-electron chi connectivity index (χ1n) is 10.7. The van der Waals surface area contributed by atoms with Gasteiger partial charge in [-0.15, -0.1) is 6.58 Å². The minimum Gasteiger partial charge on any atom is -0.481 e. The molecule has 2 aliphatic heterocycles. The van der Waals surface area contributed by atoms with E-state index in [1.165, 1.54) is 11.3 Å². The van der Waals surface area contributed by atoms with Crippen LogP contribution in [0.3, 0.4) is 0 Å². The second-order valence-corrected chi connectivity index (χ2v) is 8.97. The highest BCUT2D eigenvalue weighted by Crippen LogP contribution is 2.36. The molecule has 0 aliphatic carbocycles. The molecule has 1 fully saturated rings. The Labute approximate surface area is 175 Å². The first kappa shape index (κ1) is 23.2. The van der Waals surface area contributed by atoms with Crippen LogP contribution < -0.4 is 10.6 Å². The lowest BCUT2D eigenvalue weighted by Crippen LogP contribution is -2.60. The number of hydrogen-bond donors (Lipinski definition) is 3. The Morgan fingerprint density at radius 3 is 2.59 bits per heavy atom. The number of amides is 1. The lowest BCUT2D eigenvalue weighted by molar-refractivity contribution is -0.141. The molecule has 1 amide bonds. The maximum atomic E-state index is 12.8. The standard InChI is InChI=1S/C23H37N3O3/c1-5-7-8-18-9-13-25-23(21(18)24-12-6-2)10-14-26(15-11-23)19(27)16-22(3,4)17-20(28)29/h5-7,24-25H,2,8-17H2,1,3-4H3,(H,28,29)/b7-5-. The molecule has 2 aliphatic rings. The number of carbonyl (C=O) groups is 2. The minimum absolute atomic E-state index is 0.00470. The number of likely N-dealkylation sites (tertiary alicyclic amines) is 1. The molecule has 2 rings (SSSR count). The summed E-state index contributed by atoms with van der Waals surface area (Å²) in [7, 11) is 0. The van der Waals surface area contributed by atoms with E-state index in [9.17, 15) is 9.59 Å². The van der Waals surface area contributed by atoms with Crippen molar-refractivity contribution in [2.45, 2.75) is 64.8 Å². The minimum atomic E-state index is -0.858. The molecule has 0 atom stereocenters. The molecule has 0 aromatic rings. The third-order valence-corrected chi connectivity index (χ3v) is 5.97. The number of nitrogens with zero attached hydrogens (tertiary/aromatic N) is 1. The van der Waals surface area contributed by atoms with Crippen LogP contribution in [-0.2, 0) is 9.59 Å². The van der Waals surface area contributed by atoms with E-state index in [1.807, 2.05) is 31.7 Å². The molecule has 6 heteroatoms. The number of allylic oxidation sites excluding steroid dienone is 2. The number of hydrogen-bond acceptors (Lipinski definition) is 4. The van der Waals surface area contributed by atoms with Crippen LogP contribution in [0.2, 0.25) is 0 Å². The summed E-state index contributed by atoms with van der Waals surface area (Å²) in [5.41, 5.74) is 2.06. The fourth-order valence-corrected chi connectivity index (χ4v) is 4.49. The first-order chi connectivity index (χ1) is 13.7. The van der Waals surface area contributed by atoms with Crippen molar-refractivity contribution in [3.05, 3.63) is 36.1 Å². The quantitative estimate of drug-likeness (QED) is 0.515. The summed E-state index contributed by atoms with van der Waals surface area (Å²) < 4.78 is 0. The fourth-order valence-electron chi connectivity index (χ4n) is 4.49. The second kappa shape index (κ2) is 10.1. The zero-order chi connectivity index (χ0) is 21.5. The van der Waals surface area contributed by atoms with Gasteiger partial charge in [-0.05, 0) is 50.1 Å². The molecule has 2 heterocycles. The predicted octanol–water partition coefficient (Wildman–Crippen LogP) is 3.23. The van der Waals surface area contributed by atoms with Crippen molar-refractivity contribution in [1.82, 2.24) is 15.5 Å². The molecule has 0 bridgehead atoms. The lowest BCUT2D eigenvalue weighted by atomic mass is 9.78. The summed E-state index contributed by atoms with van der Waals surface area (Å²) in [5, 5.41) is 16.4. The van der Waals surface area contributed by atoms with Crippen LogP contribution in [0.15, 0.2) is 36.1 Å². The van der Waals surface area contributed by atoms with Gasteiger partial charge in [0.1, 0.15) is 0 Å². The Morgan fingerprint density at radius 2 is 2.00 bits per heavy atom. The molecule has 0 unspecified atom stereocenters. The van der Waals surface area contributed by atoms with Gasteiger partial charge in [0, 0.05) is 31.8 Å². The largest absolute Gasteiger partial charge is 0.481 e. The van der Waals surface area contributed by atoms with Crippen molar-refractivity contribution >= 4 is 11.9 Å². The van der Waals surface area contributed by atoms with Gasteiger partial charge < -0.3 is 20.6 Å². The van der Waals surface area contributed by atoms with Crippen molar-refractivity contribution < 1.29 is 14.7 Å². The van der Waals surface area contributed by atoms with Crippen molar-refractivity contribution in [3.8, 4) is 0 Å². The van der Waals surface area contributed by atoms with Crippen LogP contribution in [-0.4, -0.2) is 53.6 Å². The highest BCUT2D eigenvalue weighted by Gasteiger charge is 2.42. The summed E-state index contributed by atoms with van der Waals surface area (Å²) in [5.74, 6) is -0.802. The van der Waals surface area contributed by atoms with Gasteiger partial charge in [-0.25, -0.2) is 0 Å². The molecule has 162 valence electrons. The summed E-state index contributed by atoms with van der Waals surface area (Å²) >= 11 is 0. The monoisotopic (exact) mass is 403 g/mol. The van der Waals surface area contributed by atoms with Crippen molar-refractivity contribution in [2.24, 2.45) is 5.41 Å². The SMILES string of the molecule is C=CCNC1=C(C/C=C\C)CCNC12CCN(C(=O)CC(C)(C)CC(=O)O)CC2.